The first-order chi connectivity index (χ1) is 11.5. The standard InChI is InChI=1S/C19H19N3OS/c1-12-9-13(2)20-14(3)18(12)22-19(23)16-11-24-17(21-16)10-15-7-5-4-6-8-15/h4-9,11H,10H2,1-3H3,(H,22,23). The molecule has 4 nitrogen and oxygen atoms in total. The molecule has 2 heterocycles. The molecule has 0 aliphatic carbocycles. The summed E-state index contributed by atoms with van der Waals surface area (Å²) in [6, 6.07) is 12.1. The molecule has 3 aromatic rings. The van der Waals surface area contributed by atoms with E-state index in [2.05, 4.69) is 27.4 Å². The first kappa shape index (κ1) is 16.3. The molecule has 0 radical (unpaired) electrons. The molecule has 0 unspecified atom stereocenters. The van der Waals surface area contributed by atoms with E-state index in [0.717, 1.165) is 34.1 Å². The highest BCUT2D eigenvalue weighted by Gasteiger charge is 2.14. The summed E-state index contributed by atoms with van der Waals surface area (Å²) in [4.78, 5) is 21.3. The molecule has 24 heavy (non-hydrogen) atoms. The van der Waals surface area contributed by atoms with E-state index in [9.17, 15) is 4.79 Å². The summed E-state index contributed by atoms with van der Waals surface area (Å²) in [7, 11) is 0. The van der Waals surface area contributed by atoms with Crippen molar-refractivity contribution in [2.24, 2.45) is 0 Å². The second-order valence-corrected chi connectivity index (χ2v) is 6.73. The Kier molecular flexibility index (Phi) is 4.71. The molecule has 2 aromatic heterocycles. The van der Waals surface area contributed by atoms with E-state index in [1.165, 1.54) is 16.9 Å². The summed E-state index contributed by atoms with van der Waals surface area (Å²) < 4.78 is 0. The Labute approximate surface area is 145 Å². The van der Waals surface area contributed by atoms with Crippen LogP contribution in [0.4, 0.5) is 5.69 Å². The molecule has 1 amide bonds. The van der Waals surface area contributed by atoms with Crippen LogP contribution in [0.5, 0.6) is 0 Å². The van der Waals surface area contributed by atoms with E-state index in [4.69, 9.17) is 0 Å². The van der Waals surface area contributed by atoms with Gasteiger partial charge in [0.1, 0.15) is 5.69 Å². The Balaban J connectivity index is 1.75. The number of thiazole rings is 1. The highest BCUT2D eigenvalue weighted by molar-refractivity contribution is 7.09. The predicted octanol–water partition coefficient (Wildman–Crippen LogP) is 4.31. The number of anilines is 1. The number of hydrogen-bond donors (Lipinski definition) is 1. The van der Waals surface area contributed by atoms with Crippen molar-refractivity contribution in [2.75, 3.05) is 5.32 Å². The molecule has 0 spiro atoms. The zero-order chi connectivity index (χ0) is 17.1. The molecule has 1 aromatic carbocycles. The van der Waals surface area contributed by atoms with Crippen molar-refractivity contribution in [1.82, 2.24) is 9.97 Å². The topological polar surface area (TPSA) is 54.9 Å². The molecule has 0 bridgehead atoms. The van der Waals surface area contributed by atoms with E-state index < -0.39 is 0 Å². The van der Waals surface area contributed by atoms with Crippen molar-refractivity contribution >= 4 is 22.9 Å². The van der Waals surface area contributed by atoms with Gasteiger partial charge in [0, 0.05) is 17.5 Å². The maximum absolute atomic E-state index is 12.5. The summed E-state index contributed by atoms with van der Waals surface area (Å²) in [6.45, 7) is 5.82. The molecule has 1 N–H and O–H groups in total. The van der Waals surface area contributed by atoms with Gasteiger partial charge in [0.2, 0.25) is 0 Å². The summed E-state index contributed by atoms with van der Waals surface area (Å²) in [5.41, 5.74) is 5.18. The van der Waals surface area contributed by atoms with Crippen molar-refractivity contribution in [2.45, 2.75) is 27.2 Å². The quantitative estimate of drug-likeness (QED) is 0.772. The van der Waals surface area contributed by atoms with Gasteiger partial charge in [0.05, 0.1) is 16.4 Å². The number of carbonyl (C=O) groups is 1. The minimum absolute atomic E-state index is 0.192. The lowest BCUT2D eigenvalue weighted by Gasteiger charge is -2.11. The third kappa shape index (κ3) is 3.68. The highest BCUT2D eigenvalue weighted by atomic mass is 32.1. The molecular formula is C19H19N3OS. The average Bonchev–Trinajstić information content (AvgIpc) is 3.00. The number of carbonyl (C=O) groups excluding carboxylic acids is 1. The average molecular weight is 337 g/mol. The molecule has 0 saturated carbocycles. The molecule has 0 fully saturated rings. The van der Waals surface area contributed by atoms with Crippen molar-refractivity contribution in [3.8, 4) is 0 Å². The SMILES string of the molecule is Cc1cc(C)c(NC(=O)c2csc(Cc3ccccc3)n2)c(C)n1. The number of nitrogens with one attached hydrogen (secondary N) is 1. The fraction of sp³-hybridized carbons (Fsp3) is 0.211. The van der Waals surface area contributed by atoms with Gasteiger partial charge in [-0.2, -0.15) is 0 Å². The van der Waals surface area contributed by atoms with Crippen LogP contribution in [-0.4, -0.2) is 15.9 Å². The number of rotatable bonds is 4. The van der Waals surface area contributed by atoms with Crippen LogP contribution in [-0.2, 0) is 6.42 Å². The number of nitrogens with zero attached hydrogens (tertiary/aromatic N) is 2. The van der Waals surface area contributed by atoms with Crippen LogP contribution in [0.25, 0.3) is 0 Å². The van der Waals surface area contributed by atoms with Gasteiger partial charge >= 0.3 is 0 Å². The second-order valence-electron chi connectivity index (χ2n) is 5.78. The van der Waals surface area contributed by atoms with Crippen LogP contribution in [0.3, 0.4) is 0 Å². The zero-order valence-corrected chi connectivity index (χ0v) is 14.8. The van der Waals surface area contributed by atoms with Gasteiger partial charge in [-0.3, -0.25) is 9.78 Å². The fourth-order valence-corrected chi connectivity index (χ4v) is 3.47. The molecule has 0 aliphatic heterocycles. The lowest BCUT2D eigenvalue weighted by atomic mass is 10.1. The number of aromatic nitrogens is 2. The Hall–Kier alpha value is -2.53. The summed E-state index contributed by atoms with van der Waals surface area (Å²) >= 11 is 1.51. The van der Waals surface area contributed by atoms with Crippen LogP contribution >= 0.6 is 11.3 Å². The molecule has 0 atom stereocenters. The highest BCUT2D eigenvalue weighted by Crippen LogP contribution is 2.21. The van der Waals surface area contributed by atoms with E-state index in [1.807, 2.05) is 45.0 Å². The Bertz CT molecular complexity index is 848. The third-order valence-electron chi connectivity index (χ3n) is 3.75. The third-order valence-corrected chi connectivity index (χ3v) is 4.60. The van der Waals surface area contributed by atoms with Crippen LogP contribution in [0.2, 0.25) is 0 Å². The van der Waals surface area contributed by atoms with Gasteiger partial charge in [-0.1, -0.05) is 30.3 Å². The zero-order valence-electron chi connectivity index (χ0n) is 14.0. The van der Waals surface area contributed by atoms with Crippen molar-refractivity contribution < 1.29 is 4.79 Å². The lowest BCUT2D eigenvalue weighted by molar-refractivity contribution is 0.102. The Morgan fingerprint density at radius 1 is 1.12 bits per heavy atom. The Morgan fingerprint density at radius 3 is 2.58 bits per heavy atom. The Morgan fingerprint density at radius 2 is 1.88 bits per heavy atom. The fourth-order valence-electron chi connectivity index (χ4n) is 2.66. The summed E-state index contributed by atoms with van der Waals surface area (Å²) in [6.07, 6.45) is 0.739. The summed E-state index contributed by atoms with van der Waals surface area (Å²) in [5.74, 6) is -0.192. The first-order valence-electron chi connectivity index (χ1n) is 7.77. The first-order valence-corrected chi connectivity index (χ1v) is 8.65. The molecule has 5 heteroatoms. The van der Waals surface area contributed by atoms with Gasteiger partial charge in [-0.25, -0.2) is 4.98 Å². The van der Waals surface area contributed by atoms with Gasteiger partial charge < -0.3 is 5.32 Å². The van der Waals surface area contributed by atoms with Gasteiger partial charge in [0.25, 0.3) is 5.91 Å². The summed E-state index contributed by atoms with van der Waals surface area (Å²) in [5, 5.41) is 5.68. The number of pyridine rings is 1. The minimum atomic E-state index is -0.192. The number of amides is 1. The van der Waals surface area contributed by atoms with Crippen LogP contribution in [0, 0.1) is 20.8 Å². The van der Waals surface area contributed by atoms with Crippen molar-refractivity contribution in [1.29, 1.82) is 0 Å². The molecule has 122 valence electrons. The smallest absolute Gasteiger partial charge is 0.275 e. The van der Waals surface area contributed by atoms with E-state index in [0.29, 0.717) is 5.69 Å². The van der Waals surface area contributed by atoms with Crippen molar-refractivity contribution in [3.05, 3.63) is 75.0 Å². The van der Waals surface area contributed by atoms with Gasteiger partial charge in [0.15, 0.2) is 0 Å². The molecule has 0 aliphatic rings. The monoisotopic (exact) mass is 337 g/mol. The van der Waals surface area contributed by atoms with E-state index >= 15 is 0 Å². The molecule has 3 rings (SSSR count). The van der Waals surface area contributed by atoms with E-state index in [1.54, 1.807) is 5.38 Å². The van der Waals surface area contributed by atoms with Crippen LogP contribution in [0.1, 0.15) is 38.0 Å². The second kappa shape index (κ2) is 6.93. The predicted molar refractivity (Wildman–Crippen MR) is 97.8 cm³/mol. The van der Waals surface area contributed by atoms with E-state index in [-0.39, 0.29) is 5.91 Å². The number of benzene rings is 1. The maximum atomic E-state index is 12.5. The largest absolute Gasteiger partial charge is 0.319 e. The molecule has 0 saturated heterocycles. The lowest BCUT2D eigenvalue weighted by Crippen LogP contribution is -2.15. The maximum Gasteiger partial charge on any atom is 0.275 e. The van der Waals surface area contributed by atoms with Gasteiger partial charge in [-0.05, 0) is 38.0 Å². The number of aryl methyl sites for hydroxylation is 3. The van der Waals surface area contributed by atoms with Crippen molar-refractivity contribution in [3.63, 3.8) is 0 Å². The van der Waals surface area contributed by atoms with Gasteiger partial charge in [-0.15, -0.1) is 11.3 Å². The van der Waals surface area contributed by atoms with Crippen LogP contribution < -0.4 is 5.32 Å². The number of hydrogen-bond acceptors (Lipinski definition) is 4. The normalized spacial score (nSPS) is 10.6. The molecular weight excluding hydrogens is 318 g/mol. The minimum Gasteiger partial charge on any atom is -0.319 e. The van der Waals surface area contributed by atoms with Crippen LogP contribution in [0.15, 0.2) is 41.8 Å².